The molecule has 0 radical (unpaired) electrons. The summed E-state index contributed by atoms with van der Waals surface area (Å²) in [5, 5.41) is 18.5. The molecule has 2 N–H and O–H groups in total. The molecule has 0 aliphatic carbocycles. The summed E-state index contributed by atoms with van der Waals surface area (Å²) in [6, 6.07) is 14.9. The van der Waals surface area contributed by atoms with Crippen molar-refractivity contribution in [2.45, 2.75) is 13.8 Å². The van der Waals surface area contributed by atoms with Crippen molar-refractivity contribution in [2.75, 3.05) is 9.80 Å². The smallest absolute Gasteiger partial charge is 0.332 e. The van der Waals surface area contributed by atoms with Gasteiger partial charge >= 0.3 is 11.9 Å². The van der Waals surface area contributed by atoms with Crippen LogP contribution in [0.3, 0.4) is 0 Å². The summed E-state index contributed by atoms with van der Waals surface area (Å²) in [7, 11) is 0. The minimum atomic E-state index is -0.996. The fourth-order valence-corrected chi connectivity index (χ4v) is 2.78. The lowest BCUT2D eigenvalue weighted by Crippen LogP contribution is -2.24. The third-order valence-electron chi connectivity index (χ3n) is 4.12. The van der Waals surface area contributed by atoms with Crippen LogP contribution in [0.15, 0.2) is 72.1 Å². The Morgan fingerprint density at radius 1 is 0.692 bits per heavy atom. The van der Waals surface area contributed by atoms with Crippen molar-refractivity contribution >= 4 is 34.7 Å². The molecule has 0 amide bonds. The summed E-state index contributed by atoms with van der Waals surface area (Å²) in [5.74, 6) is -1.99. The number of para-hydroxylation sites is 4. The fourth-order valence-electron chi connectivity index (χ4n) is 2.78. The molecule has 0 fully saturated rings. The summed E-state index contributed by atoms with van der Waals surface area (Å²) < 4.78 is 0. The molecule has 6 heteroatoms. The Morgan fingerprint density at radius 2 is 0.962 bits per heavy atom. The number of carboxylic acid groups (broad SMARTS) is 2. The van der Waals surface area contributed by atoms with Gasteiger partial charge in [-0.1, -0.05) is 24.3 Å². The minimum absolute atomic E-state index is 0.195. The van der Waals surface area contributed by atoms with E-state index in [0.717, 1.165) is 22.7 Å². The first-order valence-electron chi connectivity index (χ1n) is 8.00. The van der Waals surface area contributed by atoms with Gasteiger partial charge in [-0.3, -0.25) is 0 Å². The highest BCUT2D eigenvalue weighted by molar-refractivity contribution is 5.98. The van der Waals surface area contributed by atoms with Crippen LogP contribution in [-0.4, -0.2) is 22.2 Å². The van der Waals surface area contributed by atoms with E-state index < -0.39 is 11.9 Å². The van der Waals surface area contributed by atoms with Crippen LogP contribution in [0.1, 0.15) is 13.8 Å². The second-order valence-electron chi connectivity index (χ2n) is 5.95. The van der Waals surface area contributed by atoms with Gasteiger partial charge in [-0.05, 0) is 38.1 Å². The summed E-state index contributed by atoms with van der Waals surface area (Å²) >= 11 is 0. The van der Waals surface area contributed by atoms with Gasteiger partial charge in [0.25, 0.3) is 0 Å². The number of hydrogen-bond donors (Lipinski definition) is 2. The first-order valence-corrected chi connectivity index (χ1v) is 8.00. The van der Waals surface area contributed by atoms with Gasteiger partial charge in [0.2, 0.25) is 0 Å². The number of nitrogens with zero attached hydrogens (tertiary/aromatic N) is 2. The van der Waals surface area contributed by atoms with E-state index in [0.29, 0.717) is 0 Å². The average molecular weight is 350 g/mol. The molecule has 0 saturated heterocycles. The van der Waals surface area contributed by atoms with Crippen LogP contribution in [-0.2, 0) is 9.59 Å². The maximum atomic E-state index is 11.3. The zero-order valence-electron chi connectivity index (χ0n) is 14.4. The van der Waals surface area contributed by atoms with E-state index in [1.54, 1.807) is 12.4 Å². The topological polar surface area (TPSA) is 81.1 Å². The van der Waals surface area contributed by atoms with Gasteiger partial charge in [0, 0.05) is 12.4 Å². The number of rotatable bonds is 4. The van der Waals surface area contributed by atoms with Crippen LogP contribution in [0.5, 0.6) is 0 Å². The largest absolute Gasteiger partial charge is 0.478 e. The molecule has 6 nitrogen and oxygen atoms in total. The second kappa shape index (κ2) is 6.76. The zero-order chi connectivity index (χ0) is 18.8. The van der Waals surface area contributed by atoms with E-state index in [2.05, 4.69) is 0 Å². The summed E-state index contributed by atoms with van der Waals surface area (Å²) in [5.41, 5.74) is 3.45. The van der Waals surface area contributed by atoms with E-state index >= 15 is 0 Å². The van der Waals surface area contributed by atoms with Crippen LogP contribution >= 0.6 is 0 Å². The van der Waals surface area contributed by atoms with Gasteiger partial charge in [-0.2, -0.15) is 0 Å². The monoisotopic (exact) mass is 350 g/mol. The van der Waals surface area contributed by atoms with Gasteiger partial charge in [-0.25, -0.2) is 9.59 Å². The highest BCUT2D eigenvalue weighted by atomic mass is 16.4. The van der Waals surface area contributed by atoms with Crippen molar-refractivity contribution in [1.29, 1.82) is 0 Å². The van der Waals surface area contributed by atoms with E-state index in [1.807, 2.05) is 58.3 Å². The molecule has 0 atom stereocenters. The SMILES string of the molecule is CC(=CN1c2ccccc2N(C=C(C)C(=O)O)c2ccccc21)C(=O)O. The van der Waals surface area contributed by atoms with E-state index in [4.69, 9.17) is 0 Å². The Hall–Kier alpha value is -3.54. The van der Waals surface area contributed by atoms with E-state index in [-0.39, 0.29) is 11.1 Å². The average Bonchev–Trinajstić information content (AvgIpc) is 2.63. The third-order valence-corrected chi connectivity index (χ3v) is 4.12. The molecule has 0 aromatic heterocycles. The predicted molar refractivity (Wildman–Crippen MR) is 99.9 cm³/mol. The molecule has 1 aliphatic heterocycles. The van der Waals surface area contributed by atoms with Crippen molar-refractivity contribution in [3.05, 3.63) is 72.1 Å². The molecular formula is C20H18N2O4. The first kappa shape index (κ1) is 17.3. The quantitative estimate of drug-likeness (QED) is 0.802. The number of anilines is 4. The van der Waals surface area contributed by atoms with Gasteiger partial charge in [0.15, 0.2) is 0 Å². The number of hydrogen-bond acceptors (Lipinski definition) is 4. The maximum absolute atomic E-state index is 11.3. The maximum Gasteiger partial charge on any atom is 0.332 e. The normalized spacial score (nSPS) is 13.9. The fraction of sp³-hybridized carbons (Fsp3) is 0.100. The van der Waals surface area contributed by atoms with Gasteiger partial charge in [-0.15, -0.1) is 0 Å². The summed E-state index contributed by atoms with van der Waals surface area (Å²) in [6.45, 7) is 3.07. The van der Waals surface area contributed by atoms with Crippen LogP contribution in [0.4, 0.5) is 22.7 Å². The lowest BCUT2D eigenvalue weighted by Gasteiger charge is -2.37. The van der Waals surface area contributed by atoms with Crippen molar-refractivity contribution in [1.82, 2.24) is 0 Å². The number of benzene rings is 2. The van der Waals surface area contributed by atoms with Crippen molar-refractivity contribution < 1.29 is 19.8 Å². The van der Waals surface area contributed by atoms with Crippen LogP contribution in [0, 0.1) is 0 Å². The Balaban J connectivity index is 2.25. The van der Waals surface area contributed by atoms with Gasteiger partial charge in [0.1, 0.15) is 0 Å². The van der Waals surface area contributed by atoms with Crippen LogP contribution in [0.2, 0.25) is 0 Å². The molecule has 2 aromatic rings. The molecule has 2 aromatic carbocycles. The Bertz CT molecular complexity index is 823. The Kier molecular flexibility index (Phi) is 4.49. The number of aliphatic carboxylic acids is 2. The molecule has 1 heterocycles. The van der Waals surface area contributed by atoms with Crippen molar-refractivity contribution in [3.8, 4) is 0 Å². The van der Waals surface area contributed by atoms with Crippen LogP contribution < -0.4 is 9.80 Å². The lowest BCUT2D eigenvalue weighted by atomic mass is 10.1. The molecule has 0 unspecified atom stereocenters. The van der Waals surface area contributed by atoms with Crippen molar-refractivity contribution in [3.63, 3.8) is 0 Å². The van der Waals surface area contributed by atoms with Gasteiger partial charge in [0.05, 0.1) is 33.9 Å². The first-order chi connectivity index (χ1) is 12.4. The molecule has 1 aliphatic rings. The second-order valence-corrected chi connectivity index (χ2v) is 5.95. The highest BCUT2D eigenvalue weighted by Crippen LogP contribution is 2.48. The summed E-state index contributed by atoms with van der Waals surface area (Å²) in [6.07, 6.45) is 3.15. The molecule has 26 heavy (non-hydrogen) atoms. The minimum Gasteiger partial charge on any atom is -0.478 e. The molecule has 3 rings (SSSR count). The number of carboxylic acids is 2. The lowest BCUT2D eigenvalue weighted by molar-refractivity contribution is -0.133. The Labute approximate surface area is 150 Å². The molecule has 0 saturated carbocycles. The molecule has 132 valence electrons. The summed E-state index contributed by atoms with van der Waals surface area (Å²) in [4.78, 5) is 26.2. The van der Waals surface area contributed by atoms with Crippen molar-refractivity contribution in [2.24, 2.45) is 0 Å². The Morgan fingerprint density at radius 3 is 1.19 bits per heavy atom. The molecule has 0 spiro atoms. The third kappa shape index (κ3) is 3.04. The van der Waals surface area contributed by atoms with E-state index in [1.165, 1.54) is 13.8 Å². The standard InChI is InChI=1S/C20H18N2O4/c1-13(19(23)24)11-21-15-7-3-5-9-17(15)22(12-14(2)20(25)26)18-10-6-4-8-16(18)21/h3-12H,1-2H3,(H,23,24)(H,25,26). The number of carbonyl (C=O) groups is 2. The zero-order valence-corrected chi connectivity index (χ0v) is 14.4. The van der Waals surface area contributed by atoms with Crippen LogP contribution in [0.25, 0.3) is 0 Å². The number of fused-ring (bicyclic) bond motifs is 2. The highest BCUT2D eigenvalue weighted by Gasteiger charge is 2.27. The molecule has 0 bridgehead atoms. The van der Waals surface area contributed by atoms with Gasteiger partial charge < -0.3 is 20.0 Å². The van der Waals surface area contributed by atoms with E-state index in [9.17, 15) is 19.8 Å². The molecular weight excluding hydrogens is 332 g/mol. The predicted octanol–water partition coefficient (Wildman–Crippen LogP) is 4.25.